The van der Waals surface area contributed by atoms with Crippen LogP contribution in [0.5, 0.6) is 5.75 Å². The molecule has 1 fully saturated rings. The average Bonchev–Trinajstić information content (AvgIpc) is 2.69. The fourth-order valence-corrected chi connectivity index (χ4v) is 3.03. The summed E-state index contributed by atoms with van der Waals surface area (Å²) in [7, 11) is 3.36. The highest BCUT2D eigenvalue weighted by Crippen LogP contribution is 2.29. The Morgan fingerprint density at radius 3 is 2.92 bits per heavy atom. The van der Waals surface area contributed by atoms with E-state index >= 15 is 0 Å². The summed E-state index contributed by atoms with van der Waals surface area (Å²) in [6.45, 7) is 5.33. The minimum absolute atomic E-state index is 0.0262. The molecule has 2 atom stereocenters. The predicted octanol–water partition coefficient (Wildman–Crippen LogP) is 4.44. The second-order valence-electron chi connectivity index (χ2n) is 6.23. The summed E-state index contributed by atoms with van der Waals surface area (Å²) in [6.07, 6.45) is 7.27. The topological polar surface area (TPSA) is 36.9 Å². The second-order valence-corrected chi connectivity index (χ2v) is 6.23. The number of ether oxygens (including phenoxy) is 4. The Morgan fingerprint density at radius 1 is 1.35 bits per heavy atom. The van der Waals surface area contributed by atoms with Gasteiger partial charge in [0.15, 0.2) is 6.29 Å². The molecule has 4 heteroatoms. The van der Waals surface area contributed by atoms with Crippen molar-refractivity contribution in [2.24, 2.45) is 0 Å². The number of allylic oxidation sites excluding steroid dienone is 1. The smallest absolute Gasteiger partial charge is 0.157 e. The molecule has 1 unspecified atom stereocenters. The van der Waals surface area contributed by atoms with Gasteiger partial charge in [-0.05, 0) is 38.2 Å². The Morgan fingerprint density at radius 2 is 2.23 bits per heavy atom. The largest absolute Gasteiger partial charge is 0.496 e. The standard InChI is InChI=1S/C22H30O4/c1-4-11-18-19(12-10-14-21(18)24-3)20(23-2)13-6-5-8-16-25-22-15-7-9-17-26-22/h4,10,12,14,20,22H,1,5,7-9,11,15-17H2,2-3H3/t20-,22?/m0/s1. The maximum atomic E-state index is 5.73. The van der Waals surface area contributed by atoms with E-state index in [1.807, 2.05) is 24.3 Å². The number of rotatable bonds is 9. The van der Waals surface area contributed by atoms with Gasteiger partial charge < -0.3 is 18.9 Å². The van der Waals surface area contributed by atoms with Crippen LogP contribution < -0.4 is 4.74 Å². The molecule has 1 saturated heterocycles. The third-order valence-corrected chi connectivity index (χ3v) is 4.38. The van der Waals surface area contributed by atoms with Gasteiger partial charge in [0.2, 0.25) is 0 Å². The van der Waals surface area contributed by atoms with E-state index in [0.717, 1.165) is 55.6 Å². The molecule has 0 spiro atoms. The van der Waals surface area contributed by atoms with Crippen molar-refractivity contribution < 1.29 is 18.9 Å². The molecular formula is C22H30O4. The van der Waals surface area contributed by atoms with Crippen molar-refractivity contribution in [3.63, 3.8) is 0 Å². The molecule has 1 heterocycles. The van der Waals surface area contributed by atoms with E-state index < -0.39 is 0 Å². The molecule has 0 amide bonds. The second kappa shape index (κ2) is 11.7. The summed E-state index contributed by atoms with van der Waals surface area (Å²) in [5, 5.41) is 0. The van der Waals surface area contributed by atoms with Crippen LogP contribution in [0.3, 0.4) is 0 Å². The molecule has 1 aliphatic rings. The molecule has 0 radical (unpaired) electrons. The summed E-state index contributed by atoms with van der Waals surface area (Å²) >= 11 is 0. The third-order valence-electron chi connectivity index (χ3n) is 4.38. The fourth-order valence-electron chi connectivity index (χ4n) is 3.03. The van der Waals surface area contributed by atoms with Crippen LogP contribution in [-0.4, -0.2) is 33.7 Å². The SMILES string of the molecule is C=CCc1c(OC)cccc1[C@H](C#CCCCOC1CCCCO1)OC. The first-order chi connectivity index (χ1) is 12.8. The van der Waals surface area contributed by atoms with Gasteiger partial charge in [-0.1, -0.05) is 24.1 Å². The van der Waals surface area contributed by atoms with Gasteiger partial charge in [0, 0.05) is 31.3 Å². The normalized spacial score (nSPS) is 17.8. The Bertz CT molecular complexity index is 608. The molecule has 1 aromatic rings. The van der Waals surface area contributed by atoms with Gasteiger partial charge in [-0.25, -0.2) is 0 Å². The summed E-state index contributed by atoms with van der Waals surface area (Å²) in [5.74, 6) is 7.28. The molecule has 1 aliphatic heterocycles. The minimum atomic E-state index is -0.275. The first kappa shape index (κ1) is 20.5. The van der Waals surface area contributed by atoms with E-state index in [1.165, 1.54) is 6.42 Å². The number of hydrogen-bond donors (Lipinski definition) is 0. The Hall–Kier alpha value is -1.80. The van der Waals surface area contributed by atoms with Gasteiger partial charge in [0.25, 0.3) is 0 Å². The monoisotopic (exact) mass is 358 g/mol. The van der Waals surface area contributed by atoms with Gasteiger partial charge >= 0.3 is 0 Å². The van der Waals surface area contributed by atoms with Crippen molar-refractivity contribution in [1.82, 2.24) is 0 Å². The van der Waals surface area contributed by atoms with Crippen LogP contribution in [0.4, 0.5) is 0 Å². The molecule has 0 bridgehead atoms. The third kappa shape index (κ3) is 6.17. The van der Waals surface area contributed by atoms with Gasteiger partial charge in [-0.15, -0.1) is 12.5 Å². The molecule has 4 nitrogen and oxygen atoms in total. The van der Waals surface area contributed by atoms with E-state index in [0.29, 0.717) is 6.61 Å². The molecule has 0 aromatic heterocycles. The first-order valence-electron chi connectivity index (χ1n) is 9.31. The van der Waals surface area contributed by atoms with Crippen LogP contribution in [0.2, 0.25) is 0 Å². The van der Waals surface area contributed by atoms with Crippen molar-refractivity contribution in [2.45, 2.75) is 50.9 Å². The summed E-state index contributed by atoms with van der Waals surface area (Å²) in [6, 6.07) is 5.95. The summed E-state index contributed by atoms with van der Waals surface area (Å²) in [5.41, 5.74) is 2.11. The number of unbranched alkanes of at least 4 members (excludes halogenated alkanes) is 1. The lowest BCUT2D eigenvalue weighted by molar-refractivity contribution is -0.162. The molecule has 1 aromatic carbocycles. The van der Waals surface area contributed by atoms with Crippen LogP contribution in [0.15, 0.2) is 30.9 Å². The Labute approximate surface area is 157 Å². The van der Waals surface area contributed by atoms with Gasteiger partial charge in [0.1, 0.15) is 11.9 Å². The quantitative estimate of drug-likeness (QED) is 0.372. The molecule has 0 aliphatic carbocycles. The lowest BCUT2D eigenvalue weighted by Gasteiger charge is -2.22. The van der Waals surface area contributed by atoms with Crippen molar-refractivity contribution >= 4 is 0 Å². The van der Waals surface area contributed by atoms with Crippen LogP contribution in [0.1, 0.15) is 49.3 Å². The summed E-state index contributed by atoms with van der Waals surface area (Å²) in [4.78, 5) is 0. The number of methoxy groups -OCH3 is 2. The van der Waals surface area contributed by atoms with Crippen LogP contribution in [-0.2, 0) is 20.6 Å². The fraction of sp³-hybridized carbons (Fsp3) is 0.545. The van der Waals surface area contributed by atoms with Crippen molar-refractivity contribution in [1.29, 1.82) is 0 Å². The zero-order valence-electron chi connectivity index (χ0n) is 16.0. The van der Waals surface area contributed by atoms with Crippen molar-refractivity contribution in [3.8, 4) is 17.6 Å². The highest BCUT2D eigenvalue weighted by atomic mass is 16.7. The van der Waals surface area contributed by atoms with E-state index in [2.05, 4.69) is 18.4 Å². The zero-order chi connectivity index (χ0) is 18.6. The first-order valence-corrected chi connectivity index (χ1v) is 9.31. The molecule has 26 heavy (non-hydrogen) atoms. The van der Waals surface area contributed by atoms with Crippen molar-refractivity contribution in [2.75, 3.05) is 27.4 Å². The maximum absolute atomic E-state index is 5.73. The summed E-state index contributed by atoms with van der Waals surface area (Å²) < 4.78 is 22.4. The number of hydrogen-bond acceptors (Lipinski definition) is 4. The van der Waals surface area contributed by atoms with Crippen molar-refractivity contribution in [3.05, 3.63) is 42.0 Å². The van der Waals surface area contributed by atoms with Gasteiger partial charge in [-0.2, -0.15) is 0 Å². The molecule has 0 N–H and O–H groups in total. The van der Waals surface area contributed by atoms with E-state index in [9.17, 15) is 0 Å². The lowest BCUT2D eigenvalue weighted by atomic mass is 9.98. The Balaban J connectivity index is 1.89. The molecule has 2 rings (SSSR count). The lowest BCUT2D eigenvalue weighted by Crippen LogP contribution is -2.22. The Kier molecular flexibility index (Phi) is 9.27. The van der Waals surface area contributed by atoms with Crippen LogP contribution in [0, 0.1) is 11.8 Å². The predicted molar refractivity (Wildman–Crippen MR) is 103 cm³/mol. The zero-order valence-corrected chi connectivity index (χ0v) is 16.0. The highest BCUT2D eigenvalue weighted by Gasteiger charge is 2.15. The van der Waals surface area contributed by atoms with Crippen LogP contribution >= 0.6 is 0 Å². The van der Waals surface area contributed by atoms with Gasteiger partial charge in [0.05, 0.1) is 13.7 Å². The highest BCUT2D eigenvalue weighted by molar-refractivity contribution is 5.44. The van der Waals surface area contributed by atoms with Gasteiger partial charge in [-0.3, -0.25) is 0 Å². The molecular weight excluding hydrogens is 328 g/mol. The van der Waals surface area contributed by atoms with Crippen LogP contribution in [0.25, 0.3) is 0 Å². The minimum Gasteiger partial charge on any atom is -0.496 e. The molecule has 0 saturated carbocycles. The van der Waals surface area contributed by atoms with E-state index in [4.69, 9.17) is 18.9 Å². The average molecular weight is 358 g/mol. The number of benzene rings is 1. The van der Waals surface area contributed by atoms with E-state index in [1.54, 1.807) is 14.2 Å². The van der Waals surface area contributed by atoms with E-state index in [-0.39, 0.29) is 12.4 Å². The molecule has 142 valence electrons. The maximum Gasteiger partial charge on any atom is 0.157 e.